The van der Waals surface area contributed by atoms with E-state index in [4.69, 9.17) is 5.26 Å². The van der Waals surface area contributed by atoms with Gasteiger partial charge in [0.2, 0.25) is 0 Å². The van der Waals surface area contributed by atoms with Crippen molar-refractivity contribution in [2.24, 2.45) is 0 Å². The van der Waals surface area contributed by atoms with Crippen LogP contribution in [0.5, 0.6) is 0 Å². The number of hydrogen-bond acceptors (Lipinski definition) is 2. The van der Waals surface area contributed by atoms with Crippen LogP contribution < -0.4 is 5.56 Å². The van der Waals surface area contributed by atoms with E-state index in [1.54, 1.807) is 0 Å². The van der Waals surface area contributed by atoms with Crippen LogP contribution in [0, 0.1) is 11.3 Å². The number of halogens is 3. The summed E-state index contributed by atoms with van der Waals surface area (Å²) in [6.45, 7) is -0.0952. The van der Waals surface area contributed by atoms with Gasteiger partial charge in [0.05, 0.1) is 6.07 Å². The lowest BCUT2D eigenvalue weighted by atomic mass is 10.3. The Bertz CT molecular complexity index is 456. The van der Waals surface area contributed by atoms with Crippen molar-refractivity contribution >= 4 is 0 Å². The summed E-state index contributed by atoms with van der Waals surface area (Å²) >= 11 is 0. The van der Waals surface area contributed by atoms with Crippen molar-refractivity contribution in [3.63, 3.8) is 0 Å². The van der Waals surface area contributed by atoms with Crippen molar-refractivity contribution in [1.29, 1.82) is 5.26 Å². The Hall–Kier alpha value is -1.77. The Morgan fingerprint density at radius 3 is 2.62 bits per heavy atom. The Labute approximate surface area is 89.7 Å². The average Bonchev–Trinajstić information content (AvgIpc) is 2.19. The molecular formula is C10H9F3N2O. The van der Waals surface area contributed by atoms with Gasteiger partial charge in [0, 0.05) is 19.0 Å². The molecule has 0 atom stereocenters. The molecule has 0 aliphatic rings. The summed E-state index contributed by atoms with van der Waals surface area (Å²) in [5.41, 5.74) is -1.68. The highest BCUT2D eigenvalue weighted by Gasteiger charge is 2.33. The second-order valence-electron chi connectivity index (χ2n) is 3.16. The van der Waals surface area contributed by atoms with Crippen LogP contribution in [0.25, 0.3) is 0 Å². The second kappa shape index (κ2) is 4.84. The Morgan fingerprint density at radius 2 is 2.06 bits per heavy atom. The molecule has 3 nitrogen and oxygen atoms in total. The third-order valence-electron chi connectivity index (χ3n) is 2.01. The van der Waals surface area contributed by atoms with E-state index in [9.17, 15) is 18.0 Å². The molecule has 0 radical (unpaired) electrons. The standard InChI is InChI=1S/C10H9F3N2O/c11-10(12,13)8-4-3-5-9(16)15(8)7-2-1-6-14/h3-5H,1-2,7H2. The van der Waals surface area contributed by atoms with Crippen molar-refractivity contribution in [2.45, 2.75) is 25.6 Å². The molecule has 1 aromatic heterocycles. The topological polar surface area (TPSA) is 45.8 Å². The Morgan fingerprint density at radius 1 is 1.38 bits per heavy atom. The highest BCUT2D eigenvalue weighted by Crippen LogP contribution is 2.28. The first-order chi connectivity index (χ1) is 7.46. The van der Waals surface area contributed by atoms with Crippen LogP contribution in [0.3, 0.4) is 0 Å². The molecule has 0 aromatic carbocycles. The molecule has 6 heteroatoms. The van der Waals surface area contributed by atoms with Gasteiger partial charge in [-0.1, -0.05) is 6.07 Å². The van der Waals surface area contributed by atoms with Crippen molar-refractivity contribution in [3.05, 3.63) is 34.2 Å². The lowest BCUT2D eigenvalue weighted by Gasteiger charge is -2.13. The zero-order valence-corrected chi connectivity index (χ0v) is 8.29. The maximum absolute atomic E-state index is 12.5. The fourth-order valence-electron chi connectivity index (χ4n) is 1.31. The molecule has 0 spiro atoms. The molecule has 0 N–H and O–H groups in total. The van der Waals surface area contributed by atoms with Gasteiger partial charge >= 0.3 is 6.18 Å². The molecule has 0 unspecified atom stereocenters. The number of pyridine rings is 1. The highest BCUT2D eigenvalue weighted by atomic mass is 19.4. The number of nitrogens with zero attached hydrogens (tertiary/aromatic N) is 2. The number of rotatable bonds is 3. The van der Waals surface area contributed by atoms with E-state index in [1.165, 1.54) is 0 Å². The van der Waals surface area contributed by atoms with Gasteiger partial charge in [-0.25, -0.2) is 0 Å². The molecular weight excluding hydrogens is 221 g/mol. The number of alkyl halides is 3. The lowest BCUT2D eigenvalue weighted by molar-refractivity contribution is -0.144. The number of hydrogen-bond donors (Lipinski definition) is 0. The van der Waals surface area contributed by atoms with Gasteiger partial charge in [-0.2, -0.15) is 18.4 Å². The van der Waals surface area contributed by atoms with Crippen molar-refractivity contribution in [1.82, 2.24) is 4.57 Å². The van der Waals surface area contributed by atoms with Gasteiger partial charge in [-0.05, 0) is 12.5 Å². The van der Waals surface area contributed by atoms with Crippen LogP contribution in [0.15, 0.2) is 23.0 Å². The quantitative estimate of drug-likeness (QED) is 0.747. The van der Waals surface area contributed by atoms with Gasteiger partial charge in [-0.3, -0.25) is 4.79 Å². The zero-order valence-electron chi connectivity index (χ0n) is 8.29. The summed E-state index contributed by atoms with van der Waals surface area (Å²) in [5.74, 6) is 0. The Kier molecular flexibility index (Phi) is 3.72. The smallest absolute Gasteiger partial charge is 0.304 e. The first-order valence-corrected chi connectivity index (χ1v) is 4.61. The molecule has 0 aliphatic carbocycles. The molecule has 0 bridgehead atoms. The minimum atomic E-state index is -4.55. The molecule has 1 rings (SSSR count). The normalized spacial score (nSPS) is 11.1. The van der Waals surface area contributed by atoms with E-state index < -0.39 is 17.4 Å². The van der Waals surface area contributed by atoms with Crippen LogP contribution in [0.1, 0.15) is 18.5 Å². The average molecular weight is 230 g/mol. The fraction of sp³-hybridized carbons (Fsp3) is 0.400. The first-order valence-electron chi connectivity index (χ1n) is 4.61. The first kappa shape index (κ1) is 12.3. The van der Waals surface area contributed by atoms with E-state index in [0.717, 1.165) is 18.2 Å². The van der Waals surface area contributed by atoms with Gasteiger partial charge in [-0.15, -0.1) is 0 Å². The molecule has 0 saturated heterocycles. The maximum atomic E-state index is 12.5. The highest BCUT2D eigenvalue weighted by molar-refractivity contribution is 5.10. The van der Waals surface area contributed by atoms with Gasteiger partial charge in [0.25, 0.3) is 5.56 Å². The van der Waals surface area contributed by atoms with E-state index in [2.05, 4.69) is 0 Å². The van der Waals surface area contributed by atoms with Crippen LogP contribution >= 0.6 is 0 Å². The van der Waals surface area contributed by atoms with Crippen LogP contribution in [0.4, 0.5) is 13.2 Å². The van der Waals surface area contributed by atoms with Crippen LogP contribution in [-0.2, 0) is 12.7 Å². The van der Waals surface area contributed by atoms with Crippen LogP contribution in [-0.4, -0.2) is 4.57 Å². The molecule has 1 aromatic rings. The van der Waals surface area contributed by atoms with Crippen molar-refractivity contribution in [3.8, 4) is 6.07 Å². The minimum absolute atomic E-state index is 0.0952. The van der Waals surface area contributed by atoms with E-state index >= 15 is 0 Å². The third-order valence-corrected chi connectivity index (χ3v) is 2.01. The minimum Gasteiger partial charge on any atom is -0.304 e. The van der Waals surface area contributed by atoms with Gasteiger partial charge < -0.3 is 4.57 Å². The summed E-state index contributed by atoms with van der Waals surface area (Å²) in [6, 6.07) is 4.82. The molecule has 0 saturated carbocycles. The Balaban J connectivity index is 3.06. The summed E-state index contributed by atoms with van der Waals surface area (Å²) in [7, 11) is 0. The molecule has 86 valence electrons. The largest absolute Gasteiger partial charge is 0.431 e. The SMILES string of the molecule is N#CCCCn1c(C(F)(F)F)cccc1=O. The predicted molar refractivity (Wildman–Crippen MR) is 50.6 cm³/mol. The van der Waals surface area contributed by atoms with Crippen molar-refractivity contribution in [2.75, 3.05) is 0 Å². The van der Waals surface area contributed by atoms with E-state index in [0.29, 0.717) is 4.57 Å². The monoisotopic (exact) mass is 230 g/mol. The molecule has 0 fully saturated rings. The van der Waals surface area contributed by atoms with E-state index in [1.807, 2.05) is 6.07 Å². The maximum Gasteiger partial charge on any atom is 0.431 e. The fourth-order valence-corrected chi connectivity index (χ4v) is 1.31. The summed E-state index contributed by atoms with van der Waals surface area (Å²) < 4.78 is 38.2. The molecule has 16 heavy (non-hydrogen) atoms. The molecule has 0 amide bonds. The summed E-state index contributed by atoms with van der Waals surface area (Å²) in [6.07, 6.45) is -4.20. The predicted octanol–water partition coefficient (Wildman–Crippen LogP) is 2.17. The van der Waals surface area contributed by atoms with Gasteiger partial charge in [0.1, 0.15) is 5.69 Å². The molecule has 1 heterocycles. The number of unbranched alkanes of at least 4 members (excludes halogenated alkanes) is 1. The summed E-state index contributed by atoms with van der Waals surface area (Å²) in [5, 5.41) is 8.28. The van der Waals surface area contributed by atoms with Crippen LogP contribution in [0.2, 0.25) is 0 Å². The van der Waals surface area contributed by atoms with Gasteiger partial charge in [0.15, 0.2) is 0 Å². The second-order valence-corrected chi connectivity index (χ2v) is 3.16. The van der Waals surface area contributed by atoms with E-state index in [-0.39, 0.29) is 19.4 Å². The number of aromatic nitrogens is 1. The third kappa shape index (κ3) is 2.86. The summed E-state index contributed by atoms with van der Waals surface area (Å²) in [4.78, 5) is 11.3. The lowest BCUT2D eigenvalue weighted by Crippen LogP contribution is -2.27. The zero-order chi connectivity index (χ0) is 12.2. The number of nitriles is 1. The van der Waals surface area contributed by atoms with Crippen molar-refractivity contribution < 1.29 is 13.2 Å². The molecule has 0 aliphatic heterocycles.